The molecule has 1 atom stereocenters. The first-order valence-electron chi connectivity index (χ1n) is 12.4. The molecule has 0 radical (unpaired) electrons. The van der Waals surface area contributed by atoms with Crippen molar-refractivity contribution in [1.29, 1.82) is 0 Å². The number of sulfonamides is 1. The maximum absolute atomic E-state index is 13.4. The Morgan fingerprint density at radius 3 is 2.65 bits per heavy atom. The summed E-state index contributed by atoms with van der Waals surface area (Å²) in [6.07, 6.45) is 1.11. The maximum Gasteiger partial charge on any atom is 0.422 e. The normalized spacial score (nSPS) is 15.1. The molecule has 4 heterocycles. The smallest absolute Gasteiger partial charge is 0.422 e. The molecule has 0 fully saturated rings. The number of anilines is 1. The number of aryl methyl sites for hydroxylation is 2. The van der Waals surface area contributed by atoms with Gasteiger partial charge in [-0.3, -0.25) is 14.3 Å². The van der Waals surface area contributed by atoms with Gasteiger partial charge in [0.15, 0.2) is 12.4 Å². The van der Waals surface area contributed by atoms with E-state index in [0.717, 1.165) is 23.2 Å². The summed E-state index contributed by atoms with van der Waals surface area (Å²) in [7, 11) is -2.23. The summed E-state index contributed by atoms with van der Waals surface area (Å²) in [5.41, 5.74) is 3.90. The van der Waals surface area contributed by atoms with Gasteiger partial charge in [-0.2, -0.15) is 18.3 Å². The second kappa shape index (κ2) is 10.6. The summed E-state index contributed by atoms with van der Waals surface area (Å²) in [6, 6.07) is 8.02. The van der Waals surface area contributed by atoms with Crippen LogP contribution in [-0.4, -0.2) is 52.6 Å². The Hall–Kier alpha value is -3.91. The molecule has 1 aliphatic rings. The van der Waals surface area contributed by atoms with Crippen LogP contribution in [0.3, 0.4) is 0 Å². The van der Waals surface area contributed by atoms with E-state index in [9.17, 15) is 21.6 Å². The summed E-state index contributed by atoms with van der Waals surface area (Å²) in [5.74, 6) is 0.428. The van der Waals surface area contributed by atoms with Crippen LogP contribution in [0.1, 0.15) is 35.4 Å². The van der Waals surface area contributed by atoms with Crippen LogP contribution in [-0.2, 0) is 30.0 Å². The van der Waals surface area contributed by atoms with Gasteiger partial charge < -0.3 is 9.26 Å². The zero-order valence-corrected chi connectivity index (χ0v) is 22.8. The lowest BCUT2D eigenvalue weighted by molar-refractivity contribution is -0.154. The molecule has 0 spiro atoms. The second-order valence-corrected chi connectivity index (χ2v) is 11.3. The van der Waals surface area contributed by atoms with E-state index in [-0.39, 0.29) is 22.6 Å². The van der Waals surface area contributed by atoms with Crippen LogP contribution in [0.25, 0.3) is 11.1 Å². The highest BCUT2D eigenvalue weighted by molar-refractivity contribution is 7.92. The topological polar surface area (TPSA) is 115 Å². The molecule has 1 N–H and O–H groups in total. The van der Waals surface area contributed by atoms with Gasteiger partial charge in [0, 0.05) is 50.2 Å². The number of fused-ring (bicyclic) bond motifs is 1. The predicted octanol–water partition coefficient (Wildman–Crippen LogP) is 4.64. The van der Waals surface area contributed by atoms with E-state index >= 15 is 0 Å². The number of aromatic nitrogens is 4. The fourth-order valence-electron chi connectivity index (χ4n) is 4.66. The summed E-state index contributed by atoms with van der Waals surface area (Å²) in [6.45, 7) is 3.46. The fraction of sp³-hybridized carbons (Fsp3) is 0.346. The predicted molar refractivity (Wildman–Crippen MR) is 139 cm³/mol. The molecule has 0 saturated heterocycles. The first-order chi connectivity index (χ1) is 18.9. The van der Waals surface area contributed by atoms with Gasteiger partial charge in [0.25, 0.3) is 10.0 Å². The number of hydrogen-bond acceptors (Lipinski definition) is 8. The highest BCUT2D eigenvalue weighted by Gasteiger charge is 2.29. The number of pyridine rings is 1. The monoisotopic (exact) mass is 576 g/mol. The SMILES string of the molecule is Cc1onc(NS(=O)(=O)c2ccc3c(c2)CN(C(C)c2ccc(OCC(F)(F)F)nc2)CC3)c1-c1cnn(C)c1. The molecule has 10 nitrogen and oxygen atoms in total. The minimum Gasteiger partial charge on any atom is -0.468 e. The summed E-state index contributed by atoms with van der Waals surface area (Å²) < 4.78 is 78.0. The quantitative estimate of drug-likeness (QED) is 0.323. The number of rotatable bonds is 8. The molecule has 5 rings (SSSR count). The van der Waals surface area contributed by atoms with E-state index < -0.39 is 22.8 Å². The first-order valence-corrected chi connectivity index (χ1v) is 13.9. The molecule has 1 aromatic carbocycles. The summed E-state index contributed by atoms with van der Waals surface area (Å²) >= 11 is 0. The van der Waals surface area contributed by atoms with Gasteiger partial charge >= 0.3 is 6.18 Å². The van der Waals surface area contributed by atoms with Gasteiger partial charge in [-0.25, -0.2) is 13.4 Å². The molecule has 1 unspecified atom stereocenters. The molecule has 3 aromatic heterocycles. The second-order valence-electron chi connectivity index (χ2n) is 9.63. The lowest BCUT2D eigenvalue weighted by Crippen LogP contribution is -2.33. The molecule has 40 heavy (non-hydrogen) atoms. The van der Waals surface area contributed by atoms with Crippen molar-refractivity contribution in [3.05, 3.63) is 71.4 Å². The average Bonchev–Trinajstić information content (AvgIpc) is 3.50. The first kappa shape index (κ1) is 27.6. The van der Waals surface area contributed by atoms with Crippen LogP contribution in [0.4, 0.5) is 19.0 Å². The van der Waals surface area contributed by atoms with E-state index in [1.165, 1.54) is 12.3 Å². The van der Waals surface area contributed by atoms with Crippen molar-refractivity contribution in [2.24, 2.45) is 7.05 Å². The third-order valence-electron chi connectivity index (χ3n) is 6.79. The van der Waals surface area contributed by atoms with Crippen LogP contribution < -0.4 is 9.46 Å². The molecule has 14 heteroatoms. The molecular weight excluding hydrogens is 549 g/mol. The molecule has 0 aliphatic carbocycles. The average molecular weight is 577 g/mol. The van der Waals surface area contributed by atoms with Crippen molar-refractivity contribution in [2.45, 2.75) is 43.9 Å². The van der Waals surface area contributed by atoms with Crippen LogP contribution in [0.15, 0.2) is 58.3 Å². The van der Waals surface area contributed by atoms with Crippen LogP contribution in [0.5, 0.6) is 5.88 Å². The number of benzene rings is 1. The van der Waals surface area contributed by atoms with E-state index in [4.69, 9.17) is 9.26 Å². The lowest BCUT2D eigenvalue weighted by Gasteiger charge is -2.34. The Morgan fingerprint density at radius 2 is 1.98 bits per heavy atom. The van der Waals surface area contributed by atoms with Gasteiger partial charge in [-0.05, 0) is 49.1 Å². The minimum absolute atomic E-state index is 0.0774. The zero-order chi connectivity index (χ0) is 28.7. The lowest BCUT2D eigenvalue weighted by atomic mass is 9.97. The number of halogens is 3. The van der Waals surface area contributed by atoms with Gasteiger partial charge in [-0.15, -0.1) is 0 Å². The Morgan fingerprint density at radius 1 is 1.18 bits per heavy atom. The largest absolute Gasteiger partial charge is 0.468 e. The van der Waals surface area contributed by atoms with Crippen molar-refractivity contribution in [2.75, 3.05) is 17.9 Å². The summed E-state index contributed by atoms with van der Waals surface area (Å²) in [5, 5.41) is 8.05. The van der Waals surface area contributed by atoms with Crippen molar-refractivity contribution in [3.63, 3.8) is 0 Å². The Bertz CT molecular complexity index is 1620. The number of nitrogens with one attached hydrogen (secondary N) is 1. The number of hydrogen-bond donors (Lipinski definition) is 1. The van der Waals surface area contributed by atoms with E-state index in [1.807, 2.05) is 13.0 Å². The number of alkyl halides is 3. The van der Waals surface area contributed by atoms with E-state index in [2.05, 4.69) is 24.9 Å². The minimum atomic E-state index is -4.44. The van der Waals surface area contributed by atoms with Crippen LogP contribution in [0, 0.1) is 6.92 Å². The maximum atomic E-state index is 13.4. The Kier molecular flexibility index (Phi) is 7.31. The molecule has 212 valence electrons. The van der Waals surface area contributed by atoms with E-state index in [0.29, 0.717) is 29.9 Å². The van der Waals surface area contributed by atoms with Crippen LogP contribution in [0.2, 0.25) is 0 Å². The van der Waals surface area contributed by atoms with Gasteiger partial charge in [0.1, 0.15) is 5.76 Å². The van der Waals surface area contributed by atoms with Gasteiger partial charge in [-0.1, -0.05) is 17.3 Å². The molecule has 0 bridgehead atoms. The van der Waals surface area contributed by atoms with Crippen molar-refractivity contribution in [3.8, 4) is 17.0 Å². The van der Waals surface area contributed by atoms with Crippen molar-refractivity contribution in [1.82, 2.24) is 24.8 Å². The highest BCUT2D eigenvalue weighted by Crippen LogP contribution is 2.33. The standard InChI is InChI=1S/C26H27F3N6O4S/c1-16(19-5-7-23(30-11-19)38-15-26(27,28)29)35-9-8-18-4-6-22(10-20(18)14-35)40(36,37)33-25-24(17(2)39-32-25)21-12-31-34(3)13-21/h4-7,10-13,16H,8-9,14-15H2,1-3H3,(H,32,33). The Balaban J connectivity index is 1.31. The molecule has 0 saturated carbocycles. The molecular formula is C26H27F3N6O4S. The molecule has 4 aromatic rings. The van der Waals surface area contributed by atoms with Gasteiger partial charge in [0.2, 0.25) is 5.88 Å². The zero-order valence-electron chi connectivity index (χ0n) is 21.9. The Labute approximate surface area is 228 Å². The van der Waals surface area contributed by atoms with Gasteiger partial charge in [0.05, 0.1) is 16.7 Å². The van der Waals surface area contributed by atoms with Crippen molar-refractivity contribution < 1.29 is 30.8 Å². The molecule has 1 aliphatic heterocycles. The third-order valence-corrected chi connectivity index (χ3v) is 8.13. The highest BCUT2D eigenvalue weighted by atomic mass is 32.2. The van der Waals surface area contributed by atoms with Crippen LogP contribution >= 0.6 is 0 Å². The van der Waals surface area contributed by atoms with E-state index in [1.54, 1.807) is 49.2 Å². The number of ether oxygens (including phenoxy) is 1. The molecule has 0 amide bonds. The fourth-order valence-corrected chi connectivity index (χ4v) is 5.72. The van der Waals surface area contributed by atoms with Crippen molar-refractivity contribution >= 4 is 15.8 Å². The number of nitrogens with zero attached hydrogens (tertiary/aromatic N) is 5. The summed E-state index contributed by atoms with van der Waals surface area (Å²) in [4.78, 5) is 6.25. The third kappa shape index (κ3) is 5.97.